The zero-order valence-electron chi connectivity index (χ0n) is 19.3. The molecule has 2 aromatic carbocycles. The Kier molecular flexibility index (Phi) is 6.68. The maximum absolute atomic E-state index is 12.2. The van der Waals surface area contributed by atoms with Crippen LogP contribution in [0, 0.1) is 0 Å². The zero-order valence-corrected chi connectivity index (χ0v) is 19.3. The Balaban J connectivity index is 2.05. The first-order valence-electron chi connectivity index (χ1n) is 11.1. The molecule has 2 N–H and O–H groups in total. The Morgan fingerprint density at radius 1 is 1.03 bits per heavy atom. The molecule has 35 heavy (non-hydrogen) atoms. The quantitative estimate of drug-likeness (QED) is 0.351. The van der Waals surface area contributed by atoms with Crippen molar-refractivity contribution in [3.05, 3.63) is 71.9 Å². The summed E-state index contributed by atoms with van der Waals surface area (Å²) in [6, 6.07) is 17.5. The molecule has 0 bridgehead atoms. The summed E-state index contributed by atoms with van der Waals surface area (Å²) in [6.07, 6.45) is -0.418. The monoisotopic (exact) mass is 475 g/mol. The van der Waals surface area contributed by atoms with Crippen LogP contribution in [0.4, 0.5) is 5.82 Å². The lowest BCUT2D eigenvalue weighted by molar-refractivity contribution is -0.147. The van der Waals surface area contributed by atoms with E-state index in [4.69, 9.17) is 4.74 Å². The number of para-hydroxylation sites is 1. The number of carbonyl (C=O) groups excluding carboxylic acids is 1. The highest BCUT2D eigenvalue weighted by Crippen LogP contribution is 2.36. The molecule has 1 atom stereocenters. The lowest BCUT2D eigenvalue weighted by atomic mass is 10.1. The largest absolute Gasteiger partial charge is 0.480 e. The molecule has 2 heterocycles. The number of benzene rings is 2. The highest BCUT2D eigenvalue weighted by Gasteiger charge is 2.32. The van der Waals surface area contributed by atoms with Gasteiger partial charge in [0.25, 0.3) is 0 Å². The van der Waals surface area contributed by atoms with Crippen molar-refractivity contribution in [2.75, 3.05) is 18.6 Å². The topological polar surface area (TPSA) is 122 Å². The fourth-order valence-electron chi connectivity index (χ4n) is 4.38. The number of aromatic carboxylic acids is 1. The molecule has 0 unspecified atom stereocenters. The summed E-state index contributed by atoms with van der Waals surface area (Å²) in [5.74, 6) is -2.97. The predicted octanol–water partition coefficient (Wildman–Crippen LogP) is 3.78. The SMILES string of the molecule is CCN(c1nc(C(=O)O)cc2c3ccccc3n(Cc3ccccc3)c12)[C@@H](CC(=O)OC)C(=O)O. The smallest absolute Gasteiger partial charge is 0.354 e. The molecule has 4 rings (SSSR count). The van der Waals surface area contributed by atoms with E-state index in [-0.39, 0.29) is 18.1 Å². The molecular formula is C26H25N3O6. The van der Waals surface area contributed by atoms with E-state index in [1.165, 1.54) is 18.1 Å². The molecule has 0 aliphatic heterocycles. The number of likely N-dealkylation sites (N-methyl/N-ethyl adjacent to an activating group) is 1. The molecule has 0 amide bonds. The van der Waals surface area contributed by atoms with Gasteiger partial charge < -0.3 is 24.4 Å². The minimum absolute atomic E-state index is 0.173. The molecule has 0 fully saturated rings. The van der Waals surface area contributed by atoms with E-state index in [0.29, 0.717) is 17.4 Å². The second-order valence-electron chi connectivity index (χ2n) is 8.04. The Morgan fingerprint density at radius 3 is 2.34 bits per heavy atom. The molecule has 9 heteroatoms. The number of carbonyl (C=O) groups is 3. The number of esters is 1. The van der Waals surface area contributed by atoms with Gasteiger partial charge in [-0.15, -0.1) is 0 Å². The van der Waals surface area contributed by atoms with Gasteiger partial charge in [-0.2, -0.15) is 0 Å². The molecule has 0 saturated heterocycles. The molecule has 9 nitrogen and oxygen atoms in total. The molecular weight excluding hydrogens is 450 g/mol. The normalized spacial score (nSPS) is 11.9. The summed E-state index contributed by atoms with van der Waals surface area (Å²) >= 11 is 0. The van der Waals surface area contributed by atoms with Crippen molar-refractivity contribution >= 4 is 45.5 Å². The van der Waals surface area contributed by atoms with Gasteiger partial charge >= 0.3 is 17.9 Å². The predicted molar refractivity (Wildman–Crippen MR) is 131 cm³/mol. The summed E-state index contributed by atoms with van der Waals surface area (Å²) in [6.45, 7) is 2.36. The van der Waals surface area contributed by atoms with Crippen LogP contribution in [-0.4, -0.2) is 57.4 Å². The minimum atomic E-state index is -1.30. The number of nitrogens with zero attached hydrogens (tertiary/aromatic N) is 3. The van der Waals surface area contributed by atoms with Gasteiger partial charge in [-0.1, -0.05) is 48.5 Å². The highest BCUT2D eigenvalue weighted by atomic mass is 16.5. The first-order chi connectivity index (χ1) is 16.8. The van der Waals surface area contributed by atoms with Gasteiger partial charge in [0.05, 0.1) is 19.0 Å². The van der Waals surface area contributed by atoms with E-state index in [2.05, 4.69) is 4.98 Å². The summed E-state index contributed by atoms with van der Waals surface area (Å²) in [5, 5.41) is 21.2. The first kappa shape index (κ1) is 23.7. The van der Waals surface area contributed by atoms with Crippen LogP contribution >= 0.6 is 0 Å². The third-order valence-corrected chi connectivity index (χ3v) is 5.99. The number of carboxylic acids is 2. The number of rotatable bonds is 9. The van der Waals surface area contributed by atoms with Crippen LogP contribution in [0.5, 0.6) is 0 Å². The summed E-state index contributed by atoms with van der Waals surface area (Å²) < 4.78 is 6.72. The first-order valence-corrected chi connectivity index (χ1v) is 11.1. The fourth-order valence-corrected chi connectivity index (χ4v) is 4.38. The Morgan fingerprint density at radius 2 is 1.71 bits per heavy atom. The van der Waals surface area contributed by atoms with E-state index in [1.807, 2.05) is 59.2 Å². The van der Waals surface area contributed by atoms with E-state index in [9.17, 15) is 24.6 Å². The second-order valence-corrected chi connectivity index (χ2v) is 8.04. The Labute approximate surface area is 201 Å². The maximum atomic E-state index is 12.2. The van der Waals surface area contributed by atoms with Crippen molar-refractivity contribution in [1.82, 2.24) is 9.55 Å². The number of anilines is 1. The van der Waals surface area contributed by atoms with Crippen LogP contribution in [0.3, 0.4) is 0 Å². The molecule has 0 aliphatic carbocycles. The van der Waals surface area contributed by atoms with Crippen LogP contribution in [0.1, 0.15) is 29.4 Å². The van der Waals surface area contributed by atoms with Crippen molar-refractivity contribution in [3.8, 4) is 0 Å². The molecule has 180 valence electrons. The molecule has 0 saturated carbocycles. The van der Waals surface area contributed by atoms with Crippen LogP contribution in [0.15, 0.2) is 60.7 Å². The van der Waals surface area contributed by atoms with Crippen molar-refractivity contribution < 1.29 is 29.3 Å². The van der Waals surface area contributed by atoms with Crippen LogP contribution in [-0.2, 0) is 20.9 Å². The molecule has 0 aliphatic rings. The third kappa shape index (κ3) is 4.52. The van der Waals surface area contributed by atoms with Crippen molar-refractivity contribution in [2.24, 2.45) is 0 Å². The lowest BCUT2D eigenvalue weighted by Crippen LogP contribution is -2.43. The van der Waals surface area contributed by atoms with E-state index >= 15 is 0 Å². The lowest BCUT2D eigenvalue weighted by Gasteiger charge is -2.29. The zero-order chi connectivity index (χ0) is 25.1. The average Bonchev–Trinajstić information content (AvgIpc) is 3.17. The van der Waals surface area contributed by atoms with Crippen molar-refractivity contribution in [2.45, 2.75) is 25.9 Å². The molecule has 4 aromatic rings. The number of methoxy groups -OCH3 is 1. The van der Waals surface area contributed by atoms with Crippen molar-refractivity contribution in [3.63, 3.8) is 0 Å². The number of hydrogen-bond acceptors (Lipinski definition) is 6. The van der Waals surface area contributed by atoms with Gasteiger partial charge in [-0.05, 0) is 24.6 Å². The number of aliphatic carboxylic acids is 1. The number of fused-ring (bicyclic) bond motifs is 3. The second kappa shape index (κ2) is 9.84. The van der Waals surface area contributed by atoms with Gasteiger partial charge in [-0.25, -0.2) is 14.6 Å². The molecule has 0 radical (unpaired) electrons. The molecule has 0 spiro atoms. The van der Waals surface area contributed by atoms with E-state index < -0.39 is 30.4 Å². The van der Waals surface area contributed by atoms with Gasteiger partial charge in [0.1, 0.15) is 6.04 Å². The average molecular weight is 476 g/mol. The summed E-state index contributed by atoms with van der Waals surface area (Å²) in [5.41, 5.74) is 2.25. The standard InChI is InChI=1S/C26H25N3O6/c1-3-28(21(26(33)34)14-22(30)35-2)24-23-18(13-19(27-24)25(31)32)17-11-7-8-12-20(17)29(23)15-16-9-5-4-6-10-16/h4-13,21H,3,14-15H2,1-2H3,(H,31,32)(H,33,34)/t21-/m0/s1. The number of carboxylic acid groups (broad SMARTS) is 2. The number of aromatic nitrogens is 2. The van der Waals surface area contributed by atoms with Gasteiger partial charge in [0, 0.05) is 29.4 Å². The van der Waals surface area contributed by atoms with Crippen LogP contribution in [0.2, 0.25) is 0 Å². The van der Waals surface area contributed by atoms with E-state index in [1.54, 1.807) is 6.92 Å². The third-order valence-electron chi connectivity index (χ3n) is 5.99. The van der Waals surface area contributed by atoms with Gasteiger partial charge in [0.15, 0.2) is 11.5 Å². The maximum Gasteiger partial charge on any atom is 0.354 e. The highest BCUT2D eigenvalue weighted by molar-refractivity contribution is 6.13. The summed E-state index contributed by atoms with van der Waals surface area (Å²) in [4.78, 5) is 42.1. The fraction of sp³-hybridized carbons (Fsp3) is 0.231. The van der Waals surface area contributed by atoms with Gasteiger partial charge in [-0.3, -0.25) is 4.79 Å². The van der Waals surface area contributed by atoms with E-state index in [0.717, 1.165) is 16.5 Å². The Hall–Kier alpha value is -4.40. The number of hydrogen-bond donors (Lipinski definition) is 2. The minimum Gasteiger partial charge on any atom is -0.480 e. The molecule has 2 aromatic heterocycles. The number of ether oxygens (including phenoxy) is 1. The van der Waals surface area contributed by atoms with Gasteiger partial charge in [0.2, 0.25) is 0 Å². The van der Waals surface area contributed by atoms with Crippen LogP contribution < -0.4 is 4.90 Å². The summed E-state index contributed by atoms with van der Waals surface area (Å²) in [7, 11) is 1.19. The number of pyridine rings is 1. The van der Waals surface area contributed by atoms with Crippen molar-refractivity contribution in [1.29, 1.82) is 0 Å². The van der Waals surface area contributed by atoms with Crippen LogP contribution in [0.25, 0.3) is 21.8 Å². The Bertz CT molecular complexity index is 1410.